The first-order chi connectivity index (χ1) is 12.4. The summed E-state index contributed by atoms with van der Waals surface area (Å²) in [5.74, 6) is 0. The number of anilines is 1. The molecule has 146 valence electrons. The van der Waals surface area contributed by atoms with E-state index in [1.165, 1.54) is 17.0 Å². The van der Waals surface area contributed by atoms with E-state index in [0.717, 1.165) is 11.6 Å². The van der Waals surface area contributed by atoms with Crippen molar-refractivity contribution < 1.29 is 22.7 Å². The first-order valence-corrected chi connectivity index (χ1v) is 8.30. The molecule has 1 unspecified atom stereocenters. The molecule has 1 atom stereocenters. The Morgan fingerprint density at radius 2 is 1.74 bits per heavy atom. The van der Waals surface area contributed by atoms with Crippen molar-refractivity contribution in [2.24, 2.45) is 5.73 Å². The van der Waals surface area contributed by atoms with Crippen LogP contribution in [0, 0.1) is 0 Å². The van der Waals surface area contributed by atoms with E-state index in [4.69, 9.17) is 10.5 Å². The number of cyclic esters (lactones) is 1. The van der Waals surface area contributed by atoms with Crippen LogP contribution in [0.5, 0.6) is 0 Å². The van der Waals surface area contributed by atoms with E-state index in [-0.39, 0.29) is 25.1 Å². The van der Waals surface area contributed by atoms with Crippen LogP contribution in [0.25, 0.3) is 0 Å². The molecule has 1 fully saturated rings. The molecule has 0 aliphatic carbocycles. The van der Waals surface area contributed by atoms with Crippen LogP contribution in [-0.4, -0.2) is 25.3 Å². The smallest absolute Gasteiger partial charge is 0.416 e. The summed E-state index contributed by atoms with van der Waals surface area (Å²) in [4.78, 5) is 13.3. The Balaban J connectivity index is 0.00000261. The van der Waals surface area contributed by atoms with Crippen molar-refractivity contribution in [1.82, 2.24) is 0 Å². The van der Waals surface area contributed by atoms with Crippen LogP contribution in [0.15, 0.2) is 48.5 Å². The number of aryl methyl sites for hydroxylation is 2. The fourth-order valence-electron chi connectivity index (χ4n) is 2.89. The Morgan fingerprint density at radius 1 is 1.07 bits per heavy atom. The highest BCUT2D eigenvalue weighted by Gasteiger charge is 2.31. The van der Waals surface area contributed by atoms with Crippen molar-refractivity contribution in [3.63, 3.8) is 0 Å². The zero-order valence-electron chi connectivity index (χ0n) is 14.4. The van der Waals surface area contributed by atoms with Gasteiger partial charge in [-0.15, -0.1) is 12.4 Å². The monoisotopic (exact) mass is 400 g/mol. The van der Waals surface area contributed by atoms with Crippen LogP contribution < -0.4 is 10.6 Å². The Labute approximate surface area is 161 Å². The zero-order valence-corrected chi connectivity index (χ0v) is 15.2. The number of benzene rings is 2. The van der Waals surface area contributed by atoms with Crippen molar-refractivity contribution in [1.29, 1.82) is 0 Å². The van der Waals surface area contributed by atoms with Crippen LogP contribution in [-0.2, 0) is 23.8 Å². The van der Waals surface area contributed by atoms with Gasteiger partial charge in [0.25, 0.3) is 0 Å². The minimum absolute atomic E-state index is 0. The summed E-state index contributed by atoms with van der Waals surface area (Å²) in [6, 6.07) is 12.7. The van der Waals surface area contributed by atoms with Gasteiger partial charge in [0, 0.05) is 12.2 Å². The molecular weight excluding hydrogens is 381 g/mol. The molecule has 3 rings (SSSR count). The van der Waals surface area contributed by atoms with Gasteiger partial charge in [0.1, 0.15) is 6.10 Å². The quantitative estimate of drug-likeness (QED) is 0.818. The van der Waals surface area contributed by atoms with Crippen molar-refractivity contribution in [2.75, 3.05) is 18.0 Å². The molecule has 1 aliphatic heterocycles. The Bertz CT molecular complexity index is 781. The number of alkyl halides is 3. The number of hydrogen-bond acceptors (Lipinski definition) is 3. The molecule has 0 aromatic heterocycles. The summed E-state index contributed by atoms with van der Waals surface area (Å²) in [7, 11) is 0. The Kier molecular flexibility index (Phi) is 6.73. The molecule has 2 aromatic rings. The van der Waals surface area contributed by atoms with Crippen LogP contribution >= 0.6 is 12.4 Å². The van der Waals surface area contributed by atoms with Gasteiger partial charge >= 0.3 is 12.3 Å². The van der Waals surface area contributed by atoms with E-state index in [1.54, 1.807) is 6.07 Å². The van der Waals surface area contributed by atoms with Gasteiger partial charge in [-0.05, 0) is 42.2 Å². The molecule has 2 N–H and O–H groups in total. The third-order valence-electron chi connectivity index (χ3n) is 4.34. The topological polar surface area (TPSA) is 55.6 Å². The fraction of sp³-hybridized carbons (Fsp3) is 0.316. The molecule has 0 radical (unpaired) electrons. The highest BCUT2D eigenvalue weighted by molar-refractivity contribution is 5.89. The predicted octanol–water partition coefficient (Wildman–Crippen LogP) is 4.20. The van der Waals surface area contributed by atoms with Crippen LogP contribution in [0.3, 0.4) is 0 Å². The maximum atomic E-state index is 12.8. The third-order valence-corrected chi connectivity index (χ3v) is 4.34. The maximum absolute atomic E-state index is 12.8. The van der Waals surface area contributed by atoms with E-state index in [2.05, 4.69) is 0 Å². The number of halogens is 4. The standard InChI is InChI=1S/C19H19F3N2O2.ClH/c20-19(21,22)15-3-1-2-14(10-15)5-4-13-6-8-16(9-7-13)24-12-17(11-23)26-18(24)25;/h1-3,6-10,17H,4-5,11-12,23H2;1H. The lowest BCUT2D eigenvalue weighted by atomic mass is 10.0. The molecule has 2 aromatic carbocycles. The lowest BCUT2D eigenvalue weighted by molar-refractivity contribution is -0.137. The molecule has 0 spiro atoms. The van der Waals surface area contributed by atoms with Gasteiger partial charge in [-0.25, -0.2) is 4.79 Å². The number of carbonyl (C=O) groups is 1. The number of carbonyl (C=O) groups excluding carboxylic acids is 1. The number of nitrogens with zero attached hydrogens (tertiary/aromatic N) is 1. The van der Waals surface area contributed by atoms with E-state index in [1.807, 2.05) is 24.3 Å². The minimum Gasteiger partial charge on any atom is -0.443 e. The van der Waals surface area contributed by atoms with E-state index >= 15 is 0 Å². The molecule has 0 bridgehead atoms. The van der Waals surface area contributed by atoms with Gasteiger partial charge < -0.3 is 10.5 Å². The van der Waals surface area contributed by atoms with Crippen molar-refractivity contribution in [2.45, 2.75) is 25.1 Å². The molecule has 1 aliphatic rings. The van der Waals surface area contributed by atoms with Crippen LogP contribution in [0.2, 0.25) is 0 Å². The maximum Gasteiger partial charge on any atom is 0.416 e. The van der Waals surface area contributed by atoms with E-state index < -0.39 is 17.8 Å². The molecule has 1 amide bonds. The number of amides is 1. The number of rotatable bonds is 5. The lowest BCUT2D eigenvalue weighted by Crippen LogP contribution is -2.27. The second kappa shape index (κ2) is 8.63. The van der Waals surface area contributed by atoms with Gasteiger partial charge in [-0.2, -0.15) is 13.2 Å². The average molecular weight is 401 g/mol. The number of hydrogen-bond donors (Lipinski definition) is 1. The zero-order chi connectivity index (χ0) is 18.7. The molecular formula is C19H20ClF3N2O2. The Morgan fingerprint density at radius 3 is 2.33 bits per heavy atom. The largest absolute Gasteiger partial charge is 0.443 e. The Hall–Kier alpha value is -2.25. The van der Waals surface area contributed by atoms with Crippen LogP contribution in [0.4, 0.5) is 23.7 Å². The third kappa shape index (κ3) is 5.14. The molecule has 1 heterocycles. The first kappa shape index (κ1) is 21.1. The summed E-state index contributed by atoms with van der Waals surface area (Å²) in [5.41, 5.74) is 7.22. The number of ether oxygens (including phenoxy) is 1. The van der Waals surface area contributed by atoms with Gasteiger partial charge in [0.05, 0.1) is 12.1 Å². The molecule has 1 saturated heterocycles. The van der Waals surface area contributed by atoms with Crippen LogP contribution in [0.1, 0.15) is 16.7 Å². The van der Waals surface area contributed by atoms with Gasteiger partial charge in [0.15, 0.2) is 0 Å². The first-order valence-electron chi connectivity index (χ1n) is 8.30. The van der Waals surface area contributed by atoms with Crippen molar-refractivity contribution >= 4 is 24.2 Å². The lowest BCUT2D eigenvalue weighted by Gasteiger charge is -2.13. The summed E-state index contributed by atoms with van der Waals surface area (Å²) in [6.45, 7) is 0.691. The van der Waals surface area contributed by atoms with Gasteiger partial charge in [-0.3, -0.25) is 4.90 Å². The molecule has 4 nitrogen and oxygen atoms in total. The fourth-order valence-corrected chi connectivity index (χ4v) is 2.89. The van der Waals surface area contributed by atoms with Crippen molar-refractivity contribution in [3.05, 3.63) is 65.2 Å². The van der Waals surface area contributed by atoms with E-state index in [0.29, 0.717) is 30.6 Å². The SMILES string of the molecule is Cl.NCC1CN(c2ccc(CCc3cccc(C(F)(F)F)c3)cc2)C(=O)O1. The highest BCUT2D eigenvalue weighted by atomic mass is 35.5. The number of nitrogens with two attached hydrogens (primary N) is 1. The summed E-state index contributed by atoms with van der Waals surface area (Å²) >= 11 is 0. The average Bonchev–Trinajstić information content (AvgIpc) is 3.01. The van der Waals surface area contributed by atoms with Gasteiger partial charge in [-0.1, -0.05) is 30.3 Å². The molecule has 8 heteroatoms. The minimum atomic E-state index is -4.33. The van der Waals surface area contributed by atoms with Gasteiger partial charge in [0.2, 0.25) is 0 Å². The normalized spacial score (nSPS) is 16.8. The van der Waals surface area contributed by atoms with Crippen molar-refractivity contribution in [3.8, 4) is 0 Å². The predicted molar refractivity (Wildman–Crippen MR) is 99.2 cm³/mol. The summed E-state index contributed by atoms with van der Waals surface area (Å²) in [6.07, 6.45) is -3.94. The molecule has 27 heavy (non-hydrogen) atoms. The summed E-state index contributed by atoms with van der Waals surface area (Å²) in [5, 5.41) is 0. The van der Waals surface area contributed by atoms with E-state index in [9.17, 15) is 18.0 Å². The second-order valence-corrected chi connectivity index (χ2v) is 6.22. The molecule has 0 saturated carbocycles. The highest BCUT2D eigenvalue weighted by Crippen LogP contribution is 2.30. The second-order valence-electron chi connectivity index (χ2n) is 6.22. The summed E-state index contributed by atoms with van der Waals surface area (Å²) < 4.78 is 43.4.